The quantitative estimate of drug-likeness (QED) is 0.744. The molecule has 1 atom stereocenters. The average Bonchev–Trinajstić information content (AvgIpc) is 2.39. The number of carbonyl (C=O) groups is 1. The lowest BCUT2D eigenvalue weighted by Gasteiger charge is -2.22. The van der Waals surface area contributed by atoms with Crippen LogP contribution in [-0.4, -0.2) is 18.6 Å². The first-order valence-corrected chi connectivity index (χ1v) is 6.85. The zero-order chi connectivity index (χ0) is 14.3. The molecule has 0 spiro atoms. The van der Waals surface area contributed by atoms with Gasteiger partial charge in [-0.1, -0.05) is 38.8 Å². The Morgan fingerprint density at radius 1 is 1.32 bits per heavy atom. The number of benzene rings is 1. The molecule has 1 aromatic carbocycles. The maximum Gasteiger partial charge on any atom is 0.258 e. The second-order valence-electron chi connectivity index (χ2n) is 4.76. The van der Waals surface area contributed by atoms with Crippen LogP contribution < -0.4 is 15.8 Å². The summed E-state index contributed by atoms with van der Waals surface area (Å²) in [7, 11) is 0. The lowest BCUT2D eigenvalue weighted by Crippen LogP contribution is -2.40. The maximum atomic E-state index is 11.8. The van der Waals surface area contributed by atoms with Gasteiger partial charge in [0, 0.05) is 6.04 Å². The summed E-state index contributed by atoms with van der Waals surface area (Å²) in [6.45, 7) is 6.31. The van der Waals surface area contributed by atoms with Crippen LogP contribution in [0.1, 0.15) is 33.6 Å². The number of hydrogen-bond donors (Lipinski definition) is 2. The molecular formula is C15H24N2O2. The molecule has 3 N–H and O–H groups in total. The van der Waals surface area contributed by atoms with E-state index in [4.69, 9.17) is 10.5 Å². The molecule has 0 fully saturated rings. The van der Waals surface area contributed by atoms with Crippen molar-refractivity contribution in [2.45, 2.75) is 39.7 Å². The van der Waals surface area contributed by atoms with E-state index in [9.17, 15) is 4.79 Å². The molecule has 4 nitrogen and oxygen atoms in total. The Morgan fingerprint density at radius 2 is 1.95 bits per heavy atom. The predicted molar refractivity (Wildman–Crippen MR) is 78.0 cm³/mol. The highest BCUT2D eigenvalue weighted by molar-refractivity contribution is 5.78. The molecule has 1 aromatic rings. The van der Waals surface area contributed by atoms with Crippen molar-refractivity contribution in [3.63, 3.8) is 0 Å². The molecule has 0 saturated carbocycles. The summed E-state index contributed by atoms with van der Waals surface area (Å²) in [5.41, 5.74) is 6.29. The molecule has 0 aromatic heterocycles. The van der Waals surface area contributed by atoms with E-state index in [1.54, 1.807) is 12.1 Å². The Hall–Kier alpha value is -1.71. The minimum atomic E-state index is -0.109. The Morgan fingerprint density at radius 3 is 2.53 bits per heavy atom. The van der Waals surface area contributed by atoms with Crippen LogP contribution in [0.5, 0.6) is 5.75 Å². The number of hydrogen-bond acceptors (Lipinski definition) is 3. The van der Waals surface area contributed by atoms with Crippen molar-refractivity contribution in [3.05, 3.63) is 24.3 Å². The lowest BCUT2D eigenvalue weighted by atomic mass is 9.95. The molecule has 106 valence electrons. The SMILES string of the molecule is CCC(CC)C(C)NC(=O)COc1ccccc1N. The summed E-state index contributed by atoms with van der Waals surface area (Å²) in [5.74, 6) is 0.946. The molecule has 1 rings (SSSR count). The minimum Gasteiger partial charge on any atom is -0.482 e. The highest BCUT2D eigenvalue weighted by Gasteiger charge is 2.16. The summed E-state index contributed by atoms with van der Waals surface area (Å²) >= 11 is 0. The van der Waals surface area contributed by atoms with Crippen LogP contribution in [0.3, 0.4) is 0 Å². The largest absolute Gasteiger partial charge is 0.482 e. The summed E-state index contributed by atoms with van der Waals surface area (Å²) in [6, 6.07) is 7.33. The van der Waals surface area contributed by atoms with E-state index in [1.165, 1.54) is 0 Å². The smallest absolute Gasteiger partial charge is 0.258 e. The first kappa shape index (κ1) is 15.3. The van der Waals surface area contributed by atoms with Crippen LogP contribution in [0.2, 0.25) is 0 Å². The number of rotatable bonds is 7. The molecule has 0 aliphatic carbocycles. The number of anilines is 1. The van der Waals surface area contributed by atoms with Crippen LogP contribution in [0.15, 0.2) is 24.3 Å². The van der Waals surface area contributed by atoms with E-state index in [1.807, 2.05) is 19.1 Å². The fourth-order valence-corrected chi connectivity index (χ4v) is 2.16. The number of amides is 1. The van der Waals surface area contributed by atoms with Crippen LogP contribution in [0, 0.1) is 5.92 Å². The number of nitrogens with one attached hydrogen (secondary N) is 1. The molecule has 0 aliphatic rings. The first-order chi connectivity index (χ1) is 9.08. The Balaban J connectivity index is 2.42. The van der Waals surface area contributed by atoms with Gasteiger partial charge in [0.2, 0.25) is 0 Å². The fraction of sp³-hybridized carbons (Fsp3) is 0.533. The van der Waals surface area contributed by atoms with Crippen molar-refractivity contribution in [2.75, 3.05) is 12.3 Å². The van der Waals surface area contributed by atoms with Gasteiger partial charge in [-0.15, -0.1) is 0 Å². The van der Waals surface area contributed by atoms with Gasteiger partial charge in [-0.3, -0.25) is 4.79 Å². The summed E-state index contributed by atoms with van der Waals surface area (Å²) < 4.78 is 5.41. The van der Waals surface area contributed by atoms with Gasteiger partial charge in [-0.05, 0) is 25.0 Å². The third kappa shape index (κ3) is 4.81. The van der Waals surface area contributed by atoms with Crippen LogP contribution in [0.25, 0.3) is 0 Å². The van der Waals surface area contributed by atoms with E-state index < -0.39 is 0 Å². The Bertz CT molecular complexity index is 403. The number of para-hydroxylation sites is 2. The van der Waals surface area contributed by atoms with Gasteiger partial charge in [-0.25, -0.2) is 0 Å². The molecule has 0 heterocycles. The van der Waals surface area contributed by atoms with E-state index in [2.05, 4.69) is 19.2 Å². The molecule has 0 aliphatic heterocycles. The van der Waals surface area contributed by atoms with Gasteiger partial charge in [0.25, 0.3) is 5.91 Å². The molecular weight excluding hydrogens is 240 g/mol. The number of carbonyl (C=O) groups excluding carboxylic acids is 1. The van der Waals surface area contributed by atoms with Gasteiger partial charge < -0.3 is 15.8 Å². The normalized spacial score (nSPS) is 12.2. The Labute approximate surface area is 115 Å². The molecule has 0 bridgehead atoms. The fourth-order valence-electron chi connectivity index (χ4n) is 2.16. The topological polar surface area (TPSA) is 64.3 Å². The van der Waals surface area contributed by atoms with Crippen molar-refractivity contribution >= 4 is 11.6 Å². The average molecular weight is 264 g/mol. The summed E-state index contributed by atoms with van der Waals surface area (Å²) in [6.07, 6.45) is 2.12. The molecule has 4 heteroatoms. The van der Waals surface area contributed by atoms with Crippen molar-refractivity contribution in [3.8, 4) is 5.75 Å². The molecule has 19 heavy (non-hydrogen) atoms. The lowest BCUT2D eigenvalue weighted by molar-refractivity contribution is -0.124. The van der Waals surface area contributed by atoms with Gasteiger partial charge in [-0.2, -0.15) is 0 Å². The molecule has 1 amide bonds. The number of ether oxygens (including phenoxy) is 1. The van der Waals surface area contributed by atoms with Gasteiger partial charge in [0.15, 0.2) is 6.61 Å². The van der Waals surface area contributed by atoms with E-state index in [0.29, 0.717) is 17.4 Å². The highest BCUT2D eigenvalue weighted by atomic mass is 16.5. The second kappa shape index (κ2) is 7.67. The third-order valence-electron chi connectivity index (χ3n) is 3.42. The standard InChI is InChI=1S/C15H24N2O2/c1-4-12(5-2)11(3)17-15(18)10-19-14-9-7-6-8-13(14)16/h6-9,11-12H,4-5,10,16H2,1-3H3,(H,17,18). The van der Waals surface area contributed by atoms with Crippen LogP contribution in [-0.2, 0) is 4.79 Å². The zero-order valence-corrected chi connectivity index (χ0v) is 12.0. The van der Waals surface area contributed by atoms with E-state index in [0.717, 1.165) is 12.8 Å². The third-order valence-corrected chi connectivity index (χ3v) is 3.42. The summed E-state index contributed by atoms with van der Waals surface area (Å²) in [4.78, 5) is 11.8. The number of nitrogens with two attached hydrogens (primary N) is 1. The predicted octanol–water partition coefficient (Wildman–Crippen LogP) is 2.59. The van der Waals surface area contributed by atoms with Gasteiger partial charge >= 0.3 is 0 Å². The van der Waals surface area contributed by atoms with E-state index in [-0.39, 0.29) is 18.6 Å². The van der Waals surface area contributed by atoms with Crippen molar-refractivity contribution in [2.24, 2.45) is 5.92 Å². The Kier molecular flexibility index (Phi) is 6.19. The van der Waals surface area contributed by atoms with Crippen LogP contribution >= 0.6 is 0 Å². The van der Waals surface area contributed by atoms with Gasteiger partial charge in [0.05, 0.1) is 5.69 Å². The monoisotopic (exact) mass is 264 g/mol. The van der Waals surface area contributed by atoms with Crippen LogP contribution in [0.4, 0.5) is 5.69 Å². The zero-order valence-electron chi connectivity index (χ0n) is 12.0. The maximum absolute atomic E-state index is 11.8. The molecule has 0 saturated heterocycles. The minimum absolute atomic E-state index is 0.00129. The summed E-state index contributed by atoms with van der Waals surface area (Å²) in [5, 5.41) is 2.97. The first-order valence-electron chi connectivity index (χ1n) is 6.85. The van der Waals surface area contributed by atoms with Gasteiger partial charge in [0.1, 0.15) is 5.75 Å². The second-order valence-corrected chi connectivity index (χ2v) is 4.76. The van der Waals surface area contributed by atoms with E-state index >= 15 is 0 Å². The van der Waals surface area contributed by atoms with Crippen molar-refractivity contribution in [1.82, 2.24) is 5.32 Å². The number of nitrogen functional groups attached to an aromatic ring is 1. The molecule has 1 unspecified atom stereocenters. The highest BCUT2D eigenvalue weighted by Crippen LogP contribution is 2.19. The van der Waals surface area contributed by atoms with Crippen molar-refractivity contribution < 1.29 is 9.53 Å². The van der Waals surface area contributed by atoms with Crippen molar-refractivity contribution in [1.29, 1.82) is 0 Å². The molecule has 0 radical (unpaired) electrons.